The number of alkyl halides is 3. The highest BCUT2D eigenvalue weighted by atomic mass is 79.9. The van der Waals surface area contributed by atoms with Crippen molar-refractivity contribution >= 4 is 66.8 Å². The number of H-pyrrole nitrogens is 1. The molecule has 3 N–H and O–H groups in total. The van der Waals surface area contributed by atoms with E-state index in [1.807, 2.05) is 0 Å². The Morgan fingerprint density at radius 3 is 2.56 bits per heavy atom. The molecule has 1 fully saturated rings. The average Bonchev–Trinajstić information content (AvgIpc) is 3.27. The molecular formula is C21H17BrF3N5O3S. The summed E-state index contributed by atoms with van der Waals surface area (Å²) in [5.41, 5.74) is -0.0201. The van der Waals surface area contributed by atoms with Gasteiger partial charge >= 0.3 is 11.9 Å². The molecule has 0 spiro atoms. The zero-order valence-corrected chi connectivity index (χ0v) is 19.9. The molecule has 0 aliphatic heterocycles. The summed E-state index contributed by atoms with van der Waals surface area (Å²) < 4.78 is 42.0. The third kappa shape index (κ3) is 4.13. The van der Waals surface area contributed by atoms with Crippen molar-refractivity contribution in [1.29, 1.82) is 0 Å². The van der Waals surface area contributed by atoms with Crippen molar-refractivity contribution in [3.8, 4) is 0 Å². The number of aromatic amines is 1. The zero-order valence-electron chi connectivity index (χ0n) is 17.5. The predicted molar refractivity (Wildman–Crippen MR) is 126 cm³/mol. The third-order valence-electron chi connectivity index (χ3n) is 5.58. The van der Waals surface area contributed by atoms with E-state index in [4.69, 9.17) is 0 Å². The van der Waals surface area contributed by atoms with E-state index in [-0.39, 0.29) is 28.5 Å². The number of nitrogens with zero attached hydrogens (tertiary/aromatic N) is 2. The number of halogens is 4. The van der Waals surface area contributed by atoms with Crippen LogP contribution in [0.25, 0.3) is 21.9 Å². The van der Waals surface area contributed by atoms with Crippen molar-refractivity contribution in [2.24, 2.45) is 7.05 Å². The molecule has 0 unspecified atom stereocenters. The fourth-order valence-corrected chi connectivity index (χ4v) is 5.13. The van der Waals surface area contributed by atoms with E-state index in [0.717, 1.165) is 21.2 Å². The summed E-state index contributed by atoms with van der Waals surface area (Å²) in [6.07, 6.45) is -2.95. The van der Waals surface area contributed by atoms with E-state index < -0.39 is 30.2 Å². The van der Waals surface area contributed by atoms with Crippen LogP contribution < -0.4 is 16.3 Å². The first-order valence-corrected chi connectivity index (χ1v) is 11.8. The molecular weight excluding hydrogens is 539 g/mol. The molecule has 178 valence electrons. The molecule has 3 heterocycles. The maximum Gasteiger partial charge on any atom is 0.406 e. The average molecular weight is 556 g/mol. The number of amides is 2. The molecule has 8 nitrogen and oxygen atoms in total. The smallest absolute Gasteiger partial charge is 0.349 e. The van der Waals surface area contributed by atoms with Crippen LogP contribution in [0.1, 0.15) is 32.9 Å². The van der Waals surface area contributed by atoms with E-state index in [0.29, 0.717) is 20.3 Å². The van der Waals surface area contributed by atoms with Gasteiger partial charge in [0.15, 0.2) is 0 Å². The van der Waals surface area contributed by atoms with Crippen molar-refractivity contribution < 1.29 is 22.8 Å². The highest BCUT2D eigenvalue weighted by Crippen LogP contribution is 2.33. The normalized spacial score (nSPS) is 14.1. The van der Waals surface area contributed by atoms with Gasteiger partial charge in [0.05, 0.1) is 30.8 Å². The second kappa shape index (κ2) is 8.01. The first kappa shape index (κ1) is 22.7. The van der Waals surface area contributed by atoms with E-state index >= 15 is 0 Å². The molecule has 3 aromatic heterocycles. The monoisotopic (exact) mass is 555 g/mol. The Labute approximate surface area is 201 Å². The van der Waals surface area contributed by atoms with Gasteiger partial charge in [-0.15, -0.1) is 11.3 Å². The SMILES string of the molecule is Cn1c(=O)n(CC(F)(F)F)c2cc3c(C(=O)NC4CC4)c(NC(=O)c4ccc(Br)s4)[nH]c3cc21. The number of hydrogen-bond donors (Lipinski definition) is 3. The standard InChI is InChI=1S/C21H17BrF3N5O3S/c1-29-12-7-11-10(6-13(12)30(20(29)33)8-21(23,24)25)16(19(32)26-9-2-3-9)17(27-11)28-18(31)14-4-5-15(22)34-14/h4-7,9,27H,2-3,8H2,1H3,(H,26,32)(H,28,31). The lowest BCUT2D eigenvalue weighted by Gasteiger charge is -2.08. The lowest BCUT2D eigenvalue weighted by molar-refractivity contribution is -0.140. The van der Waals surface area contributed by atoms with Gasteiger partial charge in [-0.25, -0.2) is 4.79 Å². The summed E-state index contributed by atoms with van der Waals surface area (Å²) in [4.78, 5) is 41.7. The van der Waals surface area contributed by atoms with E-state index in [2.05, 4.69) is 31.5 Å². The number of nitrogens with one attached hydrogen (secondary N) is 3. The van der Waals surface area contributed by atoms with Crippen LogP contribution in [-0.4, -0.2) is 38.2 Å². The maximum atomic E-state index is 13.2. The van der Waals surface area contributed by atoms with Crippen LogP contribution in [0.4, 0.5) is 19.0 Å². The van der Waals surface area contributed by atoms with Gasteiger partial charge in [-0.05, 0) is 53.0 Å². The second-order valence-corrected chi connectivity index (χ2v) is 10.6. The summed E-state index contributed by atoms with van der Waals surface area (Å²) in [5, 5.41) is 5.86. The fourth-order valence-electron chi connectivity index (χ4n) is 3.85. The van der Waals surface area contributed by atoms with Gasteiger partial charge in [0.1, 0.15) is 12.4 Å². The molecule has 13 heteroatoms. The number of anilines is 1. The fraction of sp³-hybridized carbons (Fsp3) is 0.286. The molecule has 2 amide bonds. The van der Waals surface area contributed by atoms with Gasteiger partial charge in [-0.3, -0.25) is 18.7 Å². The highest BCUT2D eigenvalue weighted by Gasteiger charge is 2.32. The van der Waals surface area contributed by atoms with Gasteiger partial charge < -0.3 is 15.6 Å². The second-order valence-electron chi connectivity index (χ2n) is 8.11. The van der Waals surface area contributed by atoms with E-state index in [9.17, 15) is 27.6 Å². The number of aromatic nitrogens is 3. The molecule has 0 bridgehead atoms. The van der Waals surface area contributed by atoms with Gasteiger partial charge in [0, 0.05) is 18.5 Å². The molecule has 4 aromatic rings. The van der Waals surface area contributed by atoms with Gasteiger partial charge in [0.2, 0.25) is 0 Å². The third-order valence-corrected chi connectivity index (χ3v) is 7.20. The van der Waals surface area contributed by atoms with Crippen molar-refractivity contribution in [2.45, 2.75) is 31.6 Å². The van der Waals surface area contributed by atoms with Crippen molar-refractivity contribution in [3.63, 3.8) is 0 Å². The molecule has 1 aliphatic rings. The van der Waals surface area contributed by atoms with Crippen LogP contribution in [0.15, 0.2) is 32.8 Å². The summed E-state index contributed by atoms with van der Waals surface area (Å²) in [7, 11) is 1.38. The number of thiophene rings is 1. The minimum Gasteiger partial charge on any atom is -0.349 e. The largest absolute Gasteiger partial charge is 0.406 e. The number of imidazole rings is 1. The summed E-state index contributed by atoms with van der Waals surface area (Å²) in [6, 6.07) is 6.24. The lowest BCUT2D eigenvalue weighted by Crippen LogP contribution is -2.28. The predicted octanol–water partition coefficient (Wildman–Crippen LogP) is 4.35. The number of fused-ring (bicyclic) bond motifs is 2. The zero-order chi connectivity index (χ0) is 24.4. The Bertz CT molecular complexity index is 1530. The molecule has 0 radical (unpaired) electrons. The Hall–Kier alpha value is -3.06. The summed E-state index contributed by atoms with van der Waals surface area (Å²) >= 11 is 4.52. The minimum atomic E-state index is -4.61. The summed E-state index contributed by atoms with van der Waals surface area (Å²) in [5.74, 6) is -0.777. The van der Waals surface area contributed by atoms with Crippen LogP contribution >= 0.6 is 27.3 Å². The van der Waals surface area contributed by atoms with E-state index in [1.165, 1.54) is 30.5 Å². The minimum absolute atomic E-state index is 0.0121. The van der Waals surface area contributed by atoms with Crippen molar-refractivity contribution in [3.05, 3.63) is 49.0 Å². The van der Waals surface area contributed by atoms with Crippen LogP contribution in [0.5, 0.6) is 0 Å². The lowest BCUT2D eigenvalue weighted by atomic mass is 10.1. The number of rotatable bonds is 5. The molecule has 1 aliphatic carbocycles. The van der Waals surface area contributed by atoms with Crippen LogP contribution in [-0.2, 0) is 13.6 Å². The molecule has 0 saturated heterocycles. The van der Waals surface area contributed by atoms with Gasteiger partial charge in [-0.1, -0.05) is 0 Å². The number of benzene rings is 1. The Morgan fingerprint density at radius 2 is 1.94 bits per heavy atom. The Morgan fingerprint density at radius 1 is 1.21 bits per heavy atom. The molecule has 0 atom stereocenters. The van der Waals surface area contributed by atoms with Crippen LogP contribution in [0.3, 0.4) is 0 Å². The van der Waals surface area contributed by atoms with Crippen molar-refractivity contribution in [1.82, 2.24) is 19.4 Å². The molecule has 1 saturated carbocycles. The molecule has 5 rings (SSSR count). The summed E-state index contributed by atoms with van der Waals surface area (Å²) in [6.45, 7) is -1.46. The first-order valence-electron chi connectivity index (χ1n) is 10.2. The number of hydrogen-bond acceptors (Lipinski definition) is 4. The molecule has 34 heavy (non-hydrogen) atoms. The van der Waals surface area contributed by atoms with Crippen LogP contribution in [0, 0.1) is 0 Å². The maximum absolute atomic E-state index is 13.2. The van der Waals surface area contributed by atoms with E-state index in [1.54, 1.807) is 12.1 Å². The van der Waals surface area contributed by atoms with Gasteiger partial charge in [0.25, 0.3) is 11.8 Å². The quantitative estimate of drug-likeness (QED) is 0.341. The Kier molecular flexibility index (Phi) is 5.35. The van der Waals surface area contributed by atoms with Crippen molar-refractivity contribution in [2.75, 3.05) is 5.32 Å². The van der Waals surface area contributed by atoms with Crippen LogP contribution in [0.2, 0.25) is 0 Å². The highest BCUT2D eigenvalue weighted by molar-refractivity contribution is 9.11. The first-order chi connectivity index (χ1) is 16.0. The van der Waals surface area contributed by atoms with Gasteiger partial charge in [-0.2, -0.15) is 13.2 Å². The molecule has 1 aromatic carbocycles. The number of carbonyl (C=O) groups is 2. The number of aryl methyl sites for hydroxylation is 1. The number of carbonyl (C=O) groups excluding carboxylic acids is 2. The Balaban J connectivity index is 1.67. The topological polar surface area (TPSA) is 101 Å².